The second-order valence-electron chi connectivity index (χ2n) is 4.98. The van der Waals surface area contributed by atoms with E-state index in [-0.39, 0.29) is 0 Å². The van der Waals surface area contributed by atoms with Crippen molar-refractivity contribution in [2.24, 2.45) is 5.16 Å². The number of benzene rings is 1. The third-order valence-electron chi connectivity index (χ3n) is 3.18. The zero-order valence-electron chi connectivity index (χ0n) is 10.2. The summed E-state index contributed by atoms with van der Waals surface area (Å²) in [6.07, 6.45) is 0. The Bertz CT molecular complexity index is 407. The van der Waals surface area contributed by atoms with E-state index >= 15 is 0 Å². The van der Waals surface area contributed by atoms with E-state index in [0.717, 1.165) is 5.56 Å². The molecule has 0 saturated heterocycles. The average Bonchev–Trinajstić information content (AvgIpc) is 2.23. The molecule has 0 fully saturated rings. The van der Waals surface area contributed by atoms with E-state index in [2.05, 4.69) is 5.16 Å². The Labute approximate surface area is 96.1 Å². The molecule has 3 heteroatoms. The summed E-state index contributed by atoms with van der Waals surface area (Å²) < 4.78 is 5.90. The van der Waals surface area contributed by atoms with Crippen LogP contribution in [0.15, 0.2) is 35.5 Å². The van der Waals surface area contributed by atoms with E-state index in [0.29, 0.717) is 5.90 Å². The van der Waals surface area contributed by atoms with Gasteiger partial charge in [0.1, 0.15) is 5.60 Å². The highest BCUT2D eigenvalue weighted by atomic mass is 16.7. The van der Waals surface area contributed by atoms with Crippen LogP contribution in [0.25, 0.3) is 0 Å². The van der Waals surface area contributed by atoms with E-state index in [1.807, 2.05) is 58.0 Å². The van der Waals surface area contributed by atoms with Crippen LogP contribution in [0.4, 0.5) is 0 Å². The molecule has 0 radical (unpaired) electrons. The van der Waals surface area contributed by atoms with Gasteiger partial charge in [-0.25, -0.2) is 0 Å². The maximum atomic E-state index is 5.90. The number of nitrogens with zero attached hydrogens (tertiary/aromatic N) is 1. The number of rotatable bonds is 1. The molecule has 0 aliphatic carbocycles. The van der Waals surface area contributed by atoms with Gasteiger partial charge in [-0.15, -0.1) is 0 Å². The van der Waals surface area contributed by atoms with Crippen molar-refractivity contribution in [1.29, 1.82) is 0 Å². The number of oxime groups is 1. The largest absolute Gasteiger partial charge is 0.465 e. The monoisotopic (exact) mass is 219 g/mol. The number of hydrogen-bond donors (Lipinski definition) is 0. The van der Waals surface area contributed by atoms with Gasteiger partial charge in [0.25, 0.3) is 5.90 Å². The lowest BCUT2D eigenvalue weighted by Crippen LogP contribution is -2.52. The highest BCUT2D eigenvalue weighted by molar-refractivity contribution is 5.94. The molecule has 1 heterocycles. The lowest BCUT2D eigenvalue weighted by atomic mass is 9.89. The minimum Gasteiger partial charge on any atom is -0.465 e. The van der Waals surface area contributed by atoms with Crippen LogP contribution in [0.1, 0.15) is 33.3 Å². The summed E-state index contributed by atoms with van der Waals surface area (Å²) >= 11 is 0. The summed E-state index contributed by atoms with van der Waals surface area (Å²) in [7, 11) is 0. The zero-order valence-corrected chi connectivity index (χ0v) is 10.2. The molecular formula is C13H17NO2. The number of ether oxygens (including phenoxy) is 1. The molecule has 3 nitrogen and oxygen atoms in total. The van der Waals surface area contributed by atoms with E-state index in [1.54, 1.807) is 0 Å². The van der Waals surface area contributed by atoms with E-state index < -0.39 is 11.2 Å². The Hall–Kier alpha value is -1.51. The van der Waals surface area contributed by atoms with Gasteiger partial charge in [0.2, 0.25) is 0 Å². The van der Waals surface area contributed by atoms with Gasteiger partial charge in [-0.1, -0.05) is 18.2 Å². The Morgan fingerprint density at radius 2 is 1.56 bits per heavy atom. The van der Waals surface area contributed by atoms with Gasteiger partial charge in [0.05, 0.1) is 0 Å². The standard InChI is InChI=1S/C13H17NO2/c1-12(2)13(3,4)16-14-11(15-12)10-8-6-5-7-9-10/h5-9H,1-4H3. The third kappa shape index (κ3) is 1.77. The van der Waals surface area contributed by atoms with Crippen molar-refractivity contribution in [3.8, 4) is 0 Å². The van der Waals surface area contributed by atoms with Crippen LogP contribution in [-0.2, 0) is 9.57 Å². The predicted molar refractivity (Wildman–Crippen MR) is 63.3 cm³/mol. The molecule has 1 aliphatic rings. The maximum absolute atomic E-state index is 5.90. The van der Waals surface area contributed by atoms with Crippen molar-refractivity contribution in [2.75, 3.05) is 0 Å². The Kier molecular flexibility index (Phi) is 2.41. The molecule has 16 heavy (non-hydrogen) atoms. The molecule has 0 unspecified atom stereocenters. The maximum Gasteiger partial charge on any atom is 0.258 e. The second-order valence-corrected chi connectivity index (χ2v) is 4.98. The van der Waals surface area contributed by atoms with Crippen LogP contribution >= 0.6 is 0 Å². The summed E-state index contributed by atoms with van der Waals surface area (Å²) in [5.41, 5.74) is 0.108. The lowest BCUT2D eigenvalue weighted by Gasteiger charge is -2.42. The highest BCUT2D eigenvalue weighted by Gasteiger charge is 2.45. The lowest BCUT2D eigenvalue weighted by molar-refractivity contribution is -0.164. The van der Waals surface area contributed by atoms with E-state index in [4.69, 9.17) is 9.57 Å². The Morgan fingerprint density at radius 1 is 0.938 bits per heavy atom. The molecule has 0 amide bonds. The van der Waals surface area contributed by atoms with Crippen LogP contribution in [-0.4, -0.2) is 17.1 Å². The Balaban J connectivity index is 2.32. The first kappa shape index (κ1) is 11.0. The Morgan fingerprint density at radius 3 is 2.12 bits per heavy atom. The third-order valence-corrected chi connectivity index (χ3v) is 3.18. The van der Waals surface area contributed by atoms with Crippen LogP contribution in [0.2, 0.25) is 0 Å². The van der Waals surface area contributed by atoms with Gasteiger partial charge in [0.15, 0.2) is 5.60 Å². The molecule has 1 aliphatic heterocycles. The van der Waals surface area contributed by atoms with Gasteiger partial charge < -0.3 is 9.57 Å². The minimum atomic E-state index is -0.425. The van der Waals surface area contributed by atoms with Gasteiger partial charge in [-0.05, 0) is 45.0 Å². The van der Waals surface area contributed by atoms with Crippen LogP contribution in [0, 0.1) is 0 Å². The van der Waals surface area contributed by atoms with Crippen molar-refractivity contribution in [3.05, 3.63) is 35.9 Å². The van der Waals surface area contributed by atoms with Gasteiger partial charge in [-0.3, -0.25) is 0 Å². The van der Waals surface area contributed by atoms with Gasteiger partial charge in [0, 0.05) is 5.56 Å². The van der Waals surface area contributed by atoms with Crippen molar-refractivity contribution in [2.45, 2.75) is 38.9 Å². The topological polar surface area (TPSA) is 30.8 Å². The molecule has 0 spiro atoms. The molecule has 1 aromatic carbocycles. The molecule has 2 rings (SSSR count). The average molecular weight is 219 g/mol. The van der Waals surface area contributed by atoms with Crippen molar-refractivity contribution in [1.82, 2.24) is 0 Å². The normalized spacial score (nSPS) is 21.6. The first-order valence-electron chi connectivity index (χ1n) is 5.43. The molecule has 0 saturated carbocycles. The second kappa shape index (κ2) is 3.51. The summed E-state index contributed by atoms with van der Waals surface area (Å²) in [5.74, 6) is 0.546. The summed E-state index contributed by atoms with van der Waals surface area (Å²) in [4.78, 5) is 5.51. The van der Waals surface area contributed by atoms with Crippen molar-refractivity contribution in [3.63, 3.8) is 0 Å². The van der Waals surface area contributed by atoms with Gasteiger partial charge >= 0.3 is 0 Å². The quantitative estimate of drug-likeness (QED) is 0.727. The first-order chi connectivity index (χ1) is 7.42. The molecule has 0 bridgehead atoms. The molecule has 0 atom stereocenters. The molecule has 0 aromatic heterocycles. The minimum absolute atomic E-state index is 0.403. The predicted octanol–water partition coefficient (Wildman–Crippen LogP) is 2.95. The van der Waals surface area contributed by atoms with E-state index in [9.17, 15) is 0 Å². The van der Waals surface area contributed by atoms with Crippen molar-refractivity contribution >= 4 is 5.90 Å². The fourth-order valence-corrected chi connectivity index (χ4v) is 1.34. The fourth-order valence-electron chi connectivity index (χ4n) is 1.34. The van der Waals surface area contributed by atoms with Crippen LogP contribution in [0.5, 0.6) is 0 Å². The molecular weight excluding hydrogens is 202 g/mol. The summed E-state index contributed by atoms with van der Waals surface area (Å²) in [6.45, 7) is 7.95. The smallest absolute Gasteiger partial charge is 0.258 e. The molecule has 1 aromatic rings. The molecule has 0 N–H and O–H groups in total. The summed E-state index contributed by atoms with van der Waals surface area (Å²) in [5, 5.41) is 4.04. The van der Waals surface area contributed by atoms with Crippen molar-refractivity contribution < 1.29 is 9.57 Å². The number of hydrogen-bond acceptors (Lipinski definition) is 3. The van der Waals surface area contributed by atoms with E-state index in [1.165, 1.54) is 0 Å². The fraction of sp³-hybridized carbons (Fsp3) is 0.462. The van der Waals surface area contributed by atoms with Crippen LogP contribution < -0.4 is 0 Å². The first-order valence-corrected chi connectivity index (χ1v) is 5.43. The van der Waals surface area contributed by atoms with Gasteiger partial charge in [-0.2, -0.15) is 0 Å². The van der Waals surface area contributed by atoms with Crippen LogP contribution in [0.3, 0.4) is 0 Å². The SMILES string of the molecule is CC1(C)ON=C(c2ccccc2)OC1(C)C. The zero-order chi connectivity index (χ0) is 11.8. The summed E-state index contributed by atoms with van der Waals surface area (Å²) in [6, 6.07) is 9.78. The molecule has 86 valence electrons. The highest BCUT2D eigenvalue weighted by Crippen LogP contribution is 2.33.